The zero-order valence-electron chi connectivity index (χ0n) is 14.0. The van der Waals surface area contributed by atoms with Crippen molar-refractivity contribution in [2.75, 3.05) is 6.54 Å². The summed E-state index contributed by atoms with van der Waals surface area (Å²) in [6, 6.07) is 7.58. The maximum absolute atomic E-state index is 12.1. The predicted octanol–water partition coefficient (Wildman–Crippen LogP) is 2.67. The molecule has 2 amide bonds. The van der Waals surface area contributed by atoms with Crippen LogP contribution < -0.4 is 10.6 Å². The molecule has 1 aromatic carbocycles. The van der Waals surface area contributed by atoms with E-state index in [1.807, 2.05) is 25.1 Å². The van der Waals surface area contributed by atoms with Gasteiger partial charge in [0, 0.05) is 11.6 Å². The van der Waals surface area contributed by atoms with Crippen molar-refractivity contribution < 1.29 is 9.59 Å². The van der Waals surface area contributed by atoms with Crippen molar-refractivity contribution in [2.24, 2.45) is 17.8 Å². The number of hydrogen-bond acceptors (Lipinski definition) is 2. The molecule has 0 spiro atoms. The van der Waals surface area contributed by atoms with Crippen LogP contribution in [0.3, 0.4) is 0 Å². The van der Waals surface area contributed by atoms with Crippen LogP contribution in [0, 0.1) is 24.7 Å². The van der Waals surface area contributed by atoms with E-state index in [4.69, 9.17) is 0 Å². The summed E-state index contributed by atoms with van der Waals surface area (Å²) in [7, 11) is 0. The second-order valence-corrected chi connectivity index (χ2v) is 7.25. The summed E-state index contributed by atoms with van der Waals surface area (Å²) in [5.74, 6) is 1.99. The van der Waals surface area contributed by atoms with Gasteiger partial charge in [0.1, 0.15) is 0 Å². The van der Waals surface area contributed by atoms with Gasteiger partial charge in [-0.3, -0.25) is 9.59 Å². The Hall–Kier alpha value is -1.84. The summed E-state index contributed by atoms with van der Waals surface area (Å²) in [4.78, 5) is 24.1. The Bertz CT molecular complexity index is 599. The highest BCUT2D eigenvalue weighted by atomic mass is 16.2. The van der Waals surface area contributed by atoms with Crippen molar-refractivity contribution in [2.45, 2.75) is 45.6 Å². The molecule has 4 unspecified atom stereocenters. The van der Waals surface area contributed by atoms with E-state index in [1.54, 1.807) is 6.07 Å². The topological polar surface area (TPSA) is 58.2 Å². The smallest absolute Gasteiger partial charge is 0.251 e. The van der Waals surface area contributed by atoms with E-state index >= 15 is 0 Å². The van der Waals surface area contributed by atoms with Crippen LogP contribution in [0.25, 0.3) is 0 Å². The highest BCUT2D eigenvalue weighted by Gasteiger charge is 2.42. The van der Waals surface area contributed by atoms with Gasteiger partial charge in [0.2, 0.25) is 5.91 Å². The van der Waals surface area contributed by atoms with Crippen molar-refractivity contribution in [3.8, 4) is 0 Å². The molecule has 4 heteroatoms. The lowest BCUT2D eigenvalue weighted by atomic mass is 9.84. The molecule has 124 valence electrons. The highest BCUT2D eigenvalue weighted by Crippen LogP contribution is 2.49. The molecule has 1 aromatic rings. The van der Waals surface area contributed by atoms with Crippen molar-refractivity contribution in [1.29, 1.82) is 0 Å². The minimum absolute atomic E-state index is 0.0396. The number of aryl methyl sites for hydroxylation is 1. The number of amides is 2. The van der Waals surface area contributed by atoms with Crippen LogP contribution in [-0.2, 0) is 4.79 Å². The number of carbonyl (C=O) groups is 2. The lowest BCUT2D eigenvalue weighted by molar-refractivity contribution is -0.121. The maximum atomic E-state index is 12.1. The van der Waals surface area contributed by atoms with Crippen molar-refractivity contribution in [3.05, 3.63) is 35.4 Å². The van der Waals surface area contributed by atoms with E-state index in [0.29, 0.717) is 11.5 Å². The van der Waals surface area contributed by atoms with Crippen molar-refractivity contribution >= 4 is 11.8 Å². The number of rotatable bonds is 5. The normalized spacial score (nSPS) is 26.8. The molecular weight excluding hydrogens is 288 g/mol. The Balaban J connectivity index is 1.45. The van der Waals surface area contributed by atoms with Gasteiger partial charge in [-0.2, -0.15) is 0 Å². The third-order valence-corrected chi connectivity index (χ3v) is 5.51. The third kappa shape index (κ3) is 3.74. The molecule has 4 nitrogen and oxygen atoms in total. The molecule has 4 atom stereocenters. The third-order valence-electron chi connectivity index (χ3n) is 5.51. The van der Waals surface area contributed by atoms with E-state index in [-0.39, 0.29) is 24.4 Å². The second kappa shape index (κ2) is 6.73. The maximum Gasteiger partial charge on any atom is 0.251 e. The molecule has 0 heterocycles. The molecule has 2 saturated carbocycles. The van der Waals surface area contributed by atoms with E-state index in [9.17, 15) is 9.59 Å². The predicted molar refractivity (Wildman–Crippen MR) is 90.1 cm³/mol. The quantitative estimate of drug-likeness (QED) is 0.878. The number of carbonyl (C=O) groups excluding carboxylic acids is 2. The fourth-order valence-corrected chi connectivity index (χ4v) is 4.37. The average molecular weight is 314 g/mol. The molecule has 0 aromatic heterocycles. The number of fused-ring (bicyclic) bond motifs is 2. The zero-order valence-corrected chi connectivity index (χ0v) is 14.0. The van der Waals surface area contributed by atoms with E-state index in [2.05, 4.69) is 17.6 Å². The highest BCUT2D eigenvalue weighted by molar-refractivity contribution is 5.96. The summed E-state index contributed by atoms with van der Waals surface area (Å²) >= 11 is 0. The van der Waals surface area contributed by atoms with Gasteiger partial charge < -0.3 is 10.6 Å². The molecule has 2 N–H and O–H groups in total. The lowest BCUT2D eigenvalue weighted by Gasteiger charge is -2.28. The second-order valence-electron chi connectivity index (χ2n) is 7.25. The van der Waals surface area contributed by atoms with E-state index < -0.39 is 0 Å². The van der Waals surface area contributed by atoms with Gasteiger partial charge in [-0.1, -0.05) is 24.1 Å². The Morgan fingerprint density at radius 3 is 2.74 bits per heavy atom. The Kier molecular flexibility index (Phi) is 4.69. The zero-order chi connectivity index (χ0) is 16.4. The molecule has 2 aliphatic rings. The number of hydrogen-bond donors (Lipinski definition) is 2. The van der Waals surface area contributed by atoms with Crippen molar-refractivity contribution in [3.63, 3.8) is 0 Å². The summed E-state index contributed by atoms with van der Waals surface area (Å²) in [5, 5.41) is 5.78. The summed E-state index contributed by atoms with van der Waals surface area (Å²) in [5.41, 5.74) is 1.63. The van der Waals surface area contributed by atoms with Crippen LogP contribution in [0.15, 0.2) is 24.3 Å². The van der Waals surface area contributed by atoms with Gasteiger partial charge in [-0.05, 0) is 63.0 Å². The summed E-state index contributed by atoms with van der Waals surface area (Å²) in [6.45, 7) is 4.09. The molecule has 0 saturated heterocycles. The van der Waals surface area contributed by atoms with Crippen LogP contribution in [0.4, 0.5) is 0 Å². The monoisotopic (exact) mass is 314 g/mol. The van der Waals surface area contributed by atoms with Crippen LogP contribution in [0.5, 0.6) is 0 Å². The lowest BCUT2D eigenvalue weighted by Crippen LogP contribution is -2.44. The Morgan fingerprint density at radius 1 is 1.26 bits per heavy atom. The minimum Gasteiger partial charge on any atom is -0.352 e. The number of benzene rings is 1. The summed E-state index contributed by atoms with van der Waals surface area (Å²) < 4.78 is 0. The molecule has 23 heavy (non-hydrogen) atoms. The van der Waals surface area contributed by atoms with Gasteiger partial charge >= 0.3 is 0 Å². The molecule has 0 aliphatic heterocycles. The van der Waals surface area contributed by atoms with Crippen LogP contribution in [-0.4, -0.2) is 24.4 Å². The SMILES string of the molecule is Cc1cccc(C(=O)NCC(=O)NC(C)C2CC3CCC2C3)c1. The van der Waals surface area contributed by atoms with Gasteiger partial charge in [0.05, 0.1) is 6.54 Å². The standard InChI is InChI=1S/C19H26N2O2/c1-12-4-3-5-16(8-12)19(23)20-11-18(22)21-13(2)17-10-14-6-7-15(17)9-14/h3-5,8,13-15,17H,6-7,9-11H2,1-2H3,(H,20,23)(H,21,22). The fourth-order valence-electron chi connectivity index (χ4n) is 4.37. The molecule has 3 rings (SSSR count). The molecule has 2 bridgehead atoms. The first-order valence-electron chi connectivity index (χ1n) is 8.67. The largest absolute Gasteiger partial charge is 0.352 e. The first-order chi connectivity index (χ1) is 11.0. The number of nitrogens with one attached hydrogen (secondary N) is 2. The van der Waals surface area contributed by atoms with Crippen molar-refractivity contribution in [1.82, 2.24) is 10.6 Å². The van der Waals surface area contributed by atoms with E-state index in [1.165, 1.54) is 25.7 Å². The Labute approximate surface area is 138 Å². The average Bonchev–Trinajstić information content (AvgIpc) is 3.15. The van der Waals surface area contributed by atoms with E-state index in [0.717, 1.165) is 17.4 Å². The molecule has 2 fully saturated rings. The van der Waals surface area contributed by atoms with Gasteiger partial charge in [0.25, 0.3) is 5.91 Å². The van der Waals surface area contributed by atoms with Gasteiger partial charge in [0.15, 0.2) is 0 Å². The van der Waals surface area contributed by atoms with Crippen LogP contribution in [0.1, 0.15) is 48.5 Å². The molecule has 0 radical (unpaired) electrons. The first kappa shape index (κ1) is 16.0. The molecular formula is C19H26N2O2. The first-order valence-corrected chi connectivity index (χ1v) is 8.67. The fraction of sp³-hybridized carbons (Fsp3) is 0.579. The van der Waals surface area contributed by atoms with Gasteiger partial charge in [-0.15, -0.1) is 0 Å². The van der Waals surface area contributed by atoms with Crippen LogP contribution in [0.2, 0.25) is 0 Å². The molecule has 2 aliphatic carbocycles. The van der Waals surface area contributed by atoms with Gasteiger partial charge in [-0.25, -0.2) is 0 Å². The Morgan fingerprint density at radius 2 is 2.09 bits per heavy atom. The summed E-state index contributed by atoms with van der Waals surface area (Å²) in [6.07, 6.45) is 5.28. The van der Waals surface area contributed by atoms with Crippen LogP contribution >= 0.6 is 0 Å². The minimum atomic E-state index is -0.198.